The van der Waals surface area contributed by atoms with E-state index in [2.05, 4.69) is 6.58 Å². The highest BCUT2D eigenvalue weighted by atomic mass is 32.2. The van der Waals surface area contributed by atoms with Crippen molar-refractivity contribution in [1.29, 1.82) is 0 Å². The van der Waals surface area contributed by atoms with Crippen LogP contribution in [0.2, 0.25) is 0 Å². The van der Waals surface area contributed by atoms with Crippen LogP contribution in [0.4, 0.5) is 0 Å². The van der Waals surface area contributed by atoms with E-state index in [1.807, 2.05) is 24.3 Å². The van der Waals surface area contributed by atoms with Crippen LogP contribution in [-0.2, 0) is 39.8 Å². The third-order valence-electron chi connectivity index (χ3n) is 4.57. The molecular formula is C23H22O7S. The van der Waals surface area contributed by atoms with E-state index in [4.69, 9.17) is 14.2 Å². The van der Waals surface area contributed by atoms with Crippen molar-refractivity contribution in [2.45, 2.75) is 31.1 Å². The summed E-state index contributed by atoms with van der Waals surface area (Å²) >= 11 is 1.45. The summed E-state index contributed by atoms with van der Waals surface area (Å²) in [6.07, 6.45) is 2.47. The van der Waals surface area contributed by atoms with Gasteiger partial charge in [-0.15, -0.1) is 0 Å². The van der Waals surface area contributed by atoms with Gasteiger partial charge in [0.2, 0.25) is 0 Å². The van der Waals surface area contributed by atoms with Crippen LogP contribution >= 0.6 is 11.8 Å². The average Bonchev–Trinajstić information content (AvgIpc) is 2.75. The van der Waals surface area contributed by atoms with Gasteiger partial charge in [-0.2, -0.15) is 0 Å². The van der Waals surface area contributed by atoms with Crippen molar-refractivity contribution in [3.05, 3.63) is 64.1 Å². The molecule has 0 unspecified atom stereocenters. The van der Waals surface area contributed by atoms with E-state index in [1.165, 1.54) is 18.7 Å². The molecule has 0 fully saturated rings. The molecule has 1 aromatic carbocycles. The molecule has 0 atom stereocenters. The zero-order valence-electron chi connectivity index (χ0n) is 17.1. The summed E-state index contributed by atoms with van der Waals surface area (Å²) in [5, 5.41) is 0. The molecule has 1 aliphatic heterocycles. The van der Waals surface area contributed by atoms with E-state index in [9.17, 15) is 19.2 Å². The Morgan fingerprint density at radius 3 is 2.58 bits per heavy atom. The maximum atomic E-state index is 12.5. The van der Waals surface area contributed by atoms with Crippen LogP contribution in [0.1, 0.15) is 25.3 Å². The number of ketones is 1. The third-order valence-corrected chi connectivity index (χ3v) is 5.77. The number of thioether (sulfide) groups is 1. The molecule has 0 radical (unpaired) electrons. The van der Waals surface area contributed by atoms with Crippen LogP contribution in [-0.4, -0.2) is 43.5 Å². The van der Waals surface area contributed by atoms with E-state index in [-0.39, 0.29) is 36.6 Å². The number of benzene rings is 1. The summed E-state index contributed by atoms with van der Waals surface area (Å²) in [7, 11) is 0. The van der Waals surface area contributed by atoms with Crippen LogP contribution in [0.3, 0.4) is 0 Å². The number of rotatable bonds is 8. The van der Waals surface area contributed by atoms with Crippen molar-refractivity contribution >= 4 is 35.5 Å². The number of hydrogen-bond acceptors (Lipinski definition) is 8. The van der Waals surface area contributed by atoms with Gasteiger partial charge >= 0.3 is 17.9 Å². The maximum Gasteiger partial charge on any atom is 0.344 e. The molecule has 7 nitrogen and oxygen atoms in total. The van der Waals surface area contributed by atoms with Crippen LogP contribution < -0.4 is 0 Å². The minimum Gasteiger partial charge on any atom is -0.463 e. The molecule has 8 heteroatoms. The van der Waals surface area contributed by atoms with Crippen LogP contribution in [0, 0.1) is 0 Å². The quantitative estimate of drug-likeness (QED) is 0.262. The second kappa shape index (κ2) is 10.3. The molecule has 0 aromatic heterocycles. The second-order valence-corrected chi connectivity index (χ2v) is 8.15. The lowest BCUT2D eigenvalue weighted by Gasteiger charge is -2.24. The summed E-state index contributed by atoms with van der Waals surface area (Å²) in [5.41, 5.74) is 2.30. The van der Waals surface area contributed by atoms with Crippen LogP contribution in [0.5, 0.6) is 0 Å². The van der Waals surface area contributed by atoms with E-state index >= 15 is 0 Å². The Morgan fingerprint density at radius 2 is 1.81 bits per heavy atom. The molecule has 0 amide bonds. The summed E-state index contributed by atoms with van der Waals surface area (Å²) in [6, 6.07) is 7.83. The molecule has 31 heavy (non-hydrogen) atoms. The molecule has 0 saturated carbocycles. The lowest BCUT2D eigenvalue weighted by Crippen LogP contribution is -2.23. The van der Waals surface area contributed by atoms with Gasteiger partial charge in [0.05, 0.1) is 13.2 Å². The lowest BCUT2D eigenvalue weighted by atomic mass is 9.92. The largest absolute Gasteiger partial charge is 0.463 e. The van der Waals surface area contributed by atoms with Crippen molar-refractivity contribution in [1.82, 2.24) is 0 Å². The van der Waals surface area contributed by atoms with Gasteiger partial charge in [-0.1, -0.05) is 36.5 Å². The fourth-order valence-electron chi connectivity index (χ4n) is 2.97. The normalized spacial score (nSPS) is 14.7. The van der Waals surface area contributed by atoms with Gasteiger partial charge in [0, 0.05) is 45.8 Å². The number of ether oxygens (including phenoxy) is 3. The van der Waals surface area contributed by atoms with Gasteiger partial charge in [-0.05, 0) is 24.6 Å². The minimum absolute atomic E-state index is 0.0212. The number of allylic oxidation sites excluding steroid dienone is 2. The predicted molar refractivity (Wildman–Crippen MR) is 113 cm³/mol. The zero-order valence-corrected chi connectivity index (χ0v) is 17.9. The number of carbonyl (C=O) groups is 4. The predicted octanol–water partition coefficient (Wildman–Crippen LogP) is 3.08. The average molecular weight is 442 g/mol. The molecular weight excluding hydrogens is 420 g/mol. The molecule has 162 valence electrons. The zero-order chi connectivity index (χ0) is 22.4. The molecule has 3 rings (SSSR count). The van der Waals surface area contributed by atoms with Crippen molar-refractivity contribution in [2.75, 3.05) is 19.8 Å². The standard InChI is InChI=1S/C23H22O7S/c1-14(2)22(26)29-9-5-8-28-21(25)13-30-23(27)16-11-18(24)17-10-15-6-3-4-7-19(15)31-20(17)12-16/h3-4,6-7,12H,1,5,8-11,13H2,2H3. The van der Waals surface area contributed by atoms with Crippen molar-refractivity contribution < 1.29 is 33.4 Å². The van der Waals surface area contributed by atoms with E-state index in [0.29, 0.717) is 18.4 Å². The Hall–Kier alpha value is -3.13. The van der Waals surface area contributed by atoms with E-state index in [0.717, 1.165) is 15.4 Å². The summed E-state index contributed by atoms with van der Waals surface area (Å²) in [6.45, 7) is 4.55. The molecule has 1 aliphatic carbocycles. The van der Waals surface area contributed by atoms with Crippen LogP contribution in [0.15, 0.2) is 63.4 Å². The Kier molecular flexibility index (Phi) is 7.46. The first-order chi connectivity index (χ1) is 14.8. The lowest BCUT2D eigenvalue weighted by molar-refractivity contribution is -0.157. The molecule has 2 aliphatic rings. The molecule has 0 N–H and O–H groups in total. The van der Waals surface area contributed by atoms with Gasteiger partial charge in [0.25, 0.3) is 0 Å². The molecule has 0 bridgehead atoms. The summed E-state index contributed by atoms with van der Waals surface area (Å²) in [5.74, 6) is -2.05. The fraction of sp³-hybridized carbons (Fsp3) is 0.304. The first-order valence-corrected chi connectivity index (χ1v) is 10.5. The van der Waals surface area contributed by atoms with E-state index < -0.39 is 24.5 Å². The summed E-state index contributed by atoms with van der Waals surface area (Å²) in [4.78, 5) is 49.6. The van der Waals surface area contributed by atoms with Gasteiger partial charge < -0.3 is 14.2 Å². The Labute approximate surface area is 184 Å². The number of esters is 3. The number of carbonyl (C=O) groups excluding carboxylic acids is 4. The fourth-order valence-corrected chi connectivity index (χ4v) is 4.14. The number of fused-ring (bicyclic) bond motifs is 1. The number of hydrogen-bond donors (Lipinski definition) is 0. The SMILES string of the molecule is C=C(C)C(=O)OCCCOC(=O)COC(=O)C1=CC2=C(Cc3ccccc3S2)C(=O)C1. The Morgan fingerprint density at radius 1 is 1.06 bits per heavy atom. The van der Waals surface area contributed by atoms with E-state index in [1.54, 1.807) is 6.08 Å². The highest BCUT2D eigenvalue weighted by molar-refractivity contribution is 8.03. The topological polar surface area (TPSA) is 96.0 Å². The summed E-state index contributed by atoms with van der Waals surface area (Å²) < 4.78 is 14.8. The Balaban J connectivity index is 1.46. The molecule has 0 spiro atoms. The Bertz CT molecular complexity index is 1000. The van der Waals surface area contributed by atoms with Gasteiger partial charge in [0.1, 0.15) is 0 Å². The first-order valence-electron chi connectivity index (χ1n) is 9.73. The van der Waals surface area contributed by atoms with Gasteiger partial charge in [-0.3, -0.25) is 4.79 Å². The van der Waals surface area contributed by atoms with Crippen LogP contribution in [0.25, 0.3) is 0 Å². The number of Topliss-reactive ketones (excluding diaryl/α,β-unsaturated/α-hetero) is 1. The third kappa shape index (κ3) is 5.95. The highest BCUT2D eigenvalue weighted by Gasteiger charge is 2.29. The maximum absolute atomic E-state index is 12.5. The molecule has 1 aromatic rings. The monoisotopic (exact) mass is 442 g/mol. The van der Waals surface area contributed by atoms with Gasteiger partial charge in [-0.25, -0.2) is 14.4 Å². The first kappa shape index (κ1) is 22.6. The van der Waals surface area contributed by atoms with Crippen molar-refractivity contribution in [3.63, 3.8) is 0 Å². The minimum atomic E-state index is -0.719. The highest BCUT2D eigenvalue weighted by Crippen LogP contribution is 2.42. The molecule has 1 heterocycles. The second-order valence-electron chi connectivity index (χ2n) is 7.07. The van der Waals surface area contributed by atoms with Gasteiger partial charge in [0.15, 0.2) is 12.4 Å². The van der Waals surface area contributed by atoms with Crippen molar-refractivity contribution in [2.24, 2.45) is 0 Å². The molecule has 0 saturated heterocycles. The smallest absolute Gasteiger partial charge is 0.344 e. The van der Waals surface area contributed by atoms with Crippen molar-refractivity contribution in [3.8, 4) is 0 Å².